The van der Waals surface area contributed by atoms with E-state index in [9.17, 15) is 18.8 Å². The van der Waals surface area contributed by atoms with Crippen molar-refractivity contribution in [3.05, 3.63) is 29.6 Å². The largest absolute Gasteiger partial charge is 0.367 e. The van der Waals surface area contributed by atoms with Crippen molar-refractivity contribution in [2.75, 3.05) is 31.1 Å². The summed E-state index contributed by atoms with van der Waals surface area (Å²) in [7, 11) is 0. The van der Waals surface area contributed by atoms with Crippen molar-refractivity contribution in [1.82, 2.24) is 10.2 Å². The first kappa shape index (κ1) is 18.7. The maximum atomic E-state index is 13.4. The molecule has 28 heavy (non-hydrogen) atoms. The molecule has 0 spiro atoms. The van der Waals surface area contributed by atoms with Crippen LogP contribution in [0.25, 0.3) is 0 Å². The fourth-order valence-electron chi connectivity index (χ4n) is 4.86. The highest BCUT2D eigenvalue weighted by Crippen LogP contribution is 2.46. The number of anilines is 1. The molecule has 0 radical (unpaired) electrons. The Labute approximate surface area is 163 Å². The number of nitrogens with two attached hydrogens (primary N) is 1. The van der Waals surface area contributed by atoms with Gasteiger partial charge in [-0.05, 0) is 42.9 Å². The van der Waals surface area contributed by atoms with Crippen LogP contribution in [0, 0.1) is 17.7 Å². The van der Waals surface area contributed by atoms with E-state index in [2.05, 4.69) is 5.32 Å². The highest BCUT2D eigenvalue weighted by molar-refractivity contribution is 6.35. The van der Waals surface area contributed by atoms with E-state index in [1.165, 1.54) is 29.9 Å². The molecular formula is C20H25FN4O3. The molecule has 1 saturated heterocycles. The molecule has 0 bridgehead atoms. The molecule has 3 fully saturated rings. The molecule has 1 heterocycles. The Morgan fingerprint density at radius 3 is 2.54 bits per heavy atom. The third-order valence-corrected chi connectivity index (χ3v) is 6.43. The van der Waals surface area contributed by atoms with Gasteiger partial charge in [0.2, 0.25) is 0 Å². The molecular weight excluding hydrogens is 363 g/mol. The molecule has 3 N–H and O–H groups in total. The molecule has 7 nitrogen and oxygen atoms in total. The van der Waals surface area contributed by atoms with E-state index in [0.29, 0.717) is 37.8 Å². The maximum Gasteiger partial charge on any atom is 0.312 e. The minimum atomic E-state index is -0.696. The Morgan fingerprint density at radius 2 is 1.86 bits per heavy atom. The van der Waals surface area contributed by atoms with Gasteiger partial charge < -0.3 is 20.9 Å². The number of carbonyl (C=O) groups excluding carboxylic acids is 3. The second kappa shape index (κ2) is 7.41. The van der Waals surface area contributed by atoms with Crippen molar-refractivity contribution >= 4 is 23.4 Å². The highest BCUT2D eigenvalue weighted by atomic mass is 19.1. The highest BCUT2D eigenvalue weighted by Gasteiger charge is 2.45. The zero-order valence-electron chi connectivity index (χ0n) is 15.7. The fraction of sp³-hybridized carbons (Fsp3) is 0.550. The number of hydrogen-bond acceptors (Lipinski definition) is 4. The molecule has 2 saturated carbocycles. The zero-order valence-corrected chi connectivity index (χ0v) is 15.7. The van der Waals surface area contributed by atoms with E-state index >= 15 is 0 Å². The van der Waals surface area contributed by atoms with E-state index in [0.717, 1.165) is 24.8 Å². The van der Waals surface area contributed by atoms with Gasteiger partial charge >= 0.3 is 11.8 Å². The van der Waals surface area contributed by atoms with Gasteiger partial charge in [0.15, 0.2) is 0 Å². The minimum Gasteiger partial charge on any atom is -0.367 e. The number of piperazine rings is 1. The fourth-order valence-corrected chi connectivity index (χ4v) is 4.86. The molecule has 1 aromatic carbocycles. The van der Waals surface area contributed by atoms with Crippen LogP contribution in [-0.2, 0) is 9.59 Å². The quantitative estimate of drug-likeness (QED) is 0.752. The third kappa shape index (κ3) is 3.43. The van der Waals surface area contributed by atoms with Crippen LogP contribution in [0.15, 0.2) is 18.2 Å². The van der Waals surface area contributed by atoms with Gasteiger partial charge in [-0.3, -0.25) is 14.4 Å². The number of primary amides is 1. The van der Waals surface area contributed by atoms with Crippen molar-refractivity contribution in [3.63, 3.8) is 0 Å². The Morgan fingerprint density at radius 1 is 1.11 bits per heavy atom. The SMILES string of the molecule is NC(=O)c1cc(F)ccc1N1CCN(C(=O)C(=O)NC2CC3CCCC32)CC1. The molecule has 3 aliphatic rings. The van der Waals surface area contributed by atoms with Crippen molar-refractivity contribution in [2.24, 2.45) is 17.6 Å². The van der Waals surface area contributed by atoms with E-state index < -0.39 is 23.5 Å². The van der Waals surface area contributed by atoms with Crippen LogP contribution in [0.4, 0.5) is 10.1 Å². The van der Waals surface area contributed by atoms with E-state index in [-0.39, 0.29) is 11.6 Å². The minimum absolute atomic E-state index is 0.119. The standard InChI is InChI=1S/C20H25FN4O3/c21-13-4-5-17(15(11-13)18(22)26)24-6-8-25(9-7-24)20(28)19(27)23-16-10-12-2-1-3-14(12)16/h4-5,11-12,14,16H,1-3,6-10H2,(H2,22,26)(H,23,27). The molecule has 2 aliphatic carbocycles. The Balaban J connectivity index is 1.33. The smallest absolute Gasteiger partial charge is 0.312 e. The lowest BCUT2D eigenvalue weighted by atomic mass is 9.71. The molecule has 4 rings (SSSR count). The number of carbonyl (C=O) groups is 3. The lowest BCUT2D eigenvalue weighted by Crippen LogP contribution is -2.57. The van der Waals surface area contributed by atoms with Crippen LogP contribution in [0.5, 0.6) is 0 Å². The van der Waals surface area contributed by atoms with E-state index in [4.69, 9.17) is 5.73 Å². The Kier molecular flexibility index (Phi) is 4.95. The second-order valence-corrected chi connectivity index (χ2v) is 7.98. The van der Waals surface area contributed by atoms with Gasteiger partial charge in [0.05, 0.1) is 5.56 Å². The predicted octanol–water partition coefficient (Wildman–Crippen LogP) is 0.878. The van der Waals surface area contributed by atoms with Crippen LogP contribution in [0.3, 0.4) is 0 Å². The Hall–Kier alpha value is -2.64. The number of nitrogens with zero attached hydrogens (tertiary/aromatic N) is 2. The molecule has 0 aromatic heterocycles. The summed E-state index contributed by atoms with van der Waals surface area (Å²) in [5.74, 6) is -0.987. The summed E-state index contributed by atoms with van der Waals surface area (Å²) < 4.78 is 13.4. The average Bonchev–Trinajstić information content (AvgIpc) is 3.06. The van der Waals surface area contributed by atoms with Gasteiger partial charge in [0, 0.05) is 37.9 Å². The molecule has 1 aliphatic heterocycles. The van der Waals surface area contributed by atoms with Gasteiger partial charge in [-0.1, -0.05) is 12.8 Å². The van der Waals surface area contributed by atoms with Crippen molar-refractivity contribution in [3.8, 4) is 0 Å². The first-order chi connectivity index (χ1) is 13.4. The number of halogens is 1. The summed E-state index contributed by atoms with van der Waals surface area (Å²) in [4.78, 5) is 39.9. The van der Waals surface area contributed by atoms with Gasteiger partial charge in [-0.25, -0.2) is 4.39 Å². The zero-order chi connectivity index (χ0) is 19.8. The van der Waals surface area contributed by atoms with Crippen LogP contribution < -0.4 is 16.0 Å². The molecule has 3 amide bonds. The summed E-state index contributed by atoms with van der Waals surface area (Å²) in [6.45, 7) is 1.61. The lowest BCUT2D eigenvalue weighted by Gasteiger charge is -2.41. The van der Waals surface area contributed by atoms with E-state index in [1.54, 1.807) is 0 Å². The van der Waals surface area contributed by atoms with Crippen molar-refractivity contribution in [2.45, 2.75) is 31.7 Å². The van der Waals surface area contributed by atoms with Crippen LogP contribution in [0.2, 0.25) is 0 Å². The second-order valence-electron chi connectivity index (χ2n) is 7.98. The summed E-state index contributed by atoms with van der Waals surface area (Å²) in [5, 5.41) is 2.91. The van der Waals surface area contributed by atoms with E-state index in [1.807, 2.05) is 4.90 Å². The topological polar surface area (TPSA) is 95.7 Å². The first-order valence-corrected chi connectivity index (χ1v) is 9.88. The first-order valence-electron chi connectivity index (χ1n) is 9.88. The molecule has 150 valence electrons. The molecule has 3 atom stereocenters. The molecule has 8 heteroatoms. The number of nitrogens with one attached hydrogen (secondary N) is 1. The van der Waals surface area contributed by atoms with Gasteiger partial charge in [-0.2, -0.15) is 0 Å². The van der Waals surface area contributed by atoms with Gasteiger partial charge in [0.1, 0.15) is 5.82 Å². The summed E-state index contributed by atoms with van der Waals surface area (Å²) in [6, 6.07) is 4.07. The summed E-state index contributed by atoms with van der Waals surface area (Å²) in [6.07, 6.45) is 4.58. The number of hydrogen-bond donors (Lipinski definition) is 2. The number of amides is 3. The predicted molar refractivity (Wildman–Crippen MR) is 101 cm³/mol. The van der Waals surface area contributed by atoms with Crippen LogP contribution in [0.1, 0.15) is 36.0 Å². The number of benzene rings is 1. The molecule has 1 aromatic rings. The normalized spacial score (nSPS) is 26.4. The number of rotatable bonds is 3. The monoisotopic (exact) mass is 388 g/mol. The van der Waals surface area contributed by atoms with Gasteiger partial charge in [0.25, 0.3) is 5.91 Å². The van der Waals surface area contributed by atoms with Crippen LogP contribution in [-0.4, -0.2) is 54.8 Å². The average molecular weight is 388 g/mol. The van der Waals surface area contributed by atoms with Gasteiger partial charge in [-0.15, -0.1) is 0 Å². The third-order valence-electron chi connectivity index (χ3n) is 6.43. The lowest BCUT2D eigenvalue weighted by molar-refractivity contribution is -0.147. The summed E-state index contributed by atoms with van der Waals surface area (Å²) in [5.41, 5.74) is 6.02. The molecule has 3 unspecified atom stereocenters. The van der Waals surface area contributed by atoms with Crippen molar-refractivity contribution in [1.29, 1.82) is 0 Å². The van der Waals surface area contributed by atoms with Crippen molar-refractivity contribution < 1.29 is 18.8 Å². The number of fused-ring (bicyclic) bond motifs is 1. The van der Waals surface area contributed by atoms with Crippen LogP contribution >= 0.6 is 0 Å². The maximum absolute atomic E-state index is 13.4. The Bertz CT molecular complexity index is 807. The summed E-state index contributed by atoms with van der Waals surface area (Å²) >= 11 is 0.